The van der Waals surface area contributed by atoms with E-state index in [0.29, 0.717) is 12.0 Å². The Bertz CT molecular complexity index is 597. The Labute approximate surface area is 126 Å². The highest BCUT2D eigenvalue weighted by Gasteiger charge is 2.24. The molecule has 1 aliphatic rings. The number of ether oxygens (including phenoxy) is 1. The Morgan fingerprint density at radius 1 is 1.24 bits per heavy atom. The van der Waals surface area contributed by atoms with Gasteiger partial charge in [-0.1, -0.05) is 30.3 Å². The van der Waals surface area contributed by atoms with E-state index in [1.54, 1.807) is 0 Å². The summed E-state index contributed by atoms with van der Waals surface area (Å²) in [5.74, 6) is 1.60. The number of nitrogens with zero attached hydrogens (tertiary/aromatic N) is 1. The van der Waals surface area contributed by atoms with Crippen LogP contribution in [0.15, 0.2) is 42.5 Å². The first-order valence-corrected chi connectivity index (χ1v) is 7.82. The van der Waals surface area contributed by atoms with Crippen molar-refractivity contribution in [3.05, 3.63) is 42.5 Å². The molecule has 2 aromatic rings. The van der Waals surface area contributed by atoms with Crippen LogP contribution in [-0.4, -0.2) is 37.2 Å². The number of nitrogens with two attached hydrogens (primary N) is 1. The van der Waals surface area contributed by atoms with Gasteiger partial charge in [0.25, 0.3) is 0 Å². The monoisotopic (exact) mass is 284 g/mol. The van der Waals surface area contributed by atoms with E-state index in [1.807, 2.05) is 0 Å². The van der Waals surface area contributed by atoms with Crippen molar-refractivity contribution in [2.45, 2.75) is 19.4 Å². The van der Waals surface area contributed by atoms with E-state index in [1.165, 1.54) is 17.2 Å². The van der Waals surface area contributed by atoms with Crippen molar-refractivity contribution in [1.82, 2.24) is 4.90 Å². The van der Waals surface area contributed by atoms with Crippen molar-refractivity contribution >= 4 is 10.8 Å². The van der Waals surface area contributed by atoms with E-state index in [0.717, 1.165) is 32.0 Å². The summed E-state index contributed by atoms with van der Waals surface area (Å²) >= 11 is 0. The summed E-state index contributed by atoms with van der Waals surface area (Å²) in [6, 6.07) is 15.0. The lowest BCUT2D eigenvalue weighted by atomic mass is 10.0. The van der Waals surface area contributed by atoms with Gasteiger partial charge in [0.1, 0.15) is 12.4 Å². The molecule has 0 saturated carbocycles. The molecule has 2 aromatic carbocycles. The molecule has 0 aromatic heterocycles. The van der Waals surface area contributed by atoms with Crippen molar-refractivity contribution in [3.63, 3.8) is 0 Å². The molecule has 2 atom stereocenters. The van der Waals surface area contributed by atoms with Crippen LogP contribution in [0, 0.1) is 5.92 Å². The minimum atomic E-state index is 0.302. The first-order chi connectivity index (χ1) is 10.2. The van der Waals surface area contributed by atoms with Gasteiger partial charge in [-0.15, -0.1) is 0 Å². The molecule has 112 valence electrons. The molecular weight excluding hydrogens is 260 g/mol. The minimum absolute atomic E-state index is 0.302. The molecule has 21 heavy (non-hydrogen) atoms. The van der Waals surface area contributed by atoms with Crippen LogP contribution in [0.25, 0.3) is 10.8 Å². The third kappa shape index (κ3) is 3.55. The summed E-state index contributed by atoms with van der Waals surface area (Å²) in [5, 5.41) is 2.48. The second-order valence-electron chi connectivity index (χ2n) is 6.07. The smallest absolute Gasteiger partial charge is 0.120 e. The molecule has 1 aliphatic heterocycles. The van der Waals surface area contributed by atoms with Gasteiger partial charge in [-0.2, -0.15) is 0 Å². The lowest BCUT2D eigenvalue weighted by molar-refractivity contribution is 0.231. The summed E-state index contributed by atoms with van der Waals surface area (Å²) in [7, 11) is 0. The van der Waals surface area contributed by atoms with Crippen molar-refractivity contribution in [3.8, 4) is 5.75 Å². The first-order valence-electron chi connectivity index (χ1n) is 7.82. The zero-order valence-electron chi connectivity index (χ0n) is 12.7. The topological polar surface area (TPSA) is 38.5 Å². The van der Waals surface area contributed by atoms with E-state index in [-0.39, 0.29) is 0 Å². The van der Waals surface area contributed by atoms with Gasteiger partial charge in [0.05, 0.1) is 0 Å². The Balaban J connectivity index is 1.51. The molecule has 0 amide bonds. The number of hydrogen-bond donors (Lipinski definition) is 1. The van der Waals surface area contributed by atoms with Crippen LogP contribution in [-0.2, 0) is 0 Å². The molecule has 0 bridgehead atoms. The Hall–Kier alpha value is -1.58. The highest BCUT2D eigenvalue weighted by molar-refractivity contribution is 5.83. The first kappa shape index (κ1) is 14.4. The van der Waals surface area contributed by atoms with Crippen molar-refractivity contribution in [1.29, 1.82) is 0 Å². The fourth-order valence-corrected chi connectivity index (χ4v) is 3.04. The van der Waals surface area contributed by atoms with Gasteiger partial charge in [0.15, 0.2) is 0 Å². The molecular formula is C18H24N2O. The predicted molar refractivity (Wildman–Crippen MR) is 87.6 cm³/mol. The summed E-state index contributed by atoms with van der Waals surface area (Å²) in [5.41, 5.74) is 5.97. The lowest BCUT2D eigenvalue weighted by Gasteiger charge is -2.18. The predicted octanol–water partition coefficient (Wildman–Crippen LogP) is 2.89. The van der Waals surface area contributed by atoms with E-state index in [2.05, 4.69) is 54.3 Å². The van der Waals surface area contributed by atoms with Crippen molar-refractivity contribution < 1.29 is 4.74 Å². The van der Waals surface area contributed by atoms with Crippen LogP contribution in [0.3, 0.4) is 0 Å². The average Bonchev–Trinajstić information content (AvgIpc) is 2.96. The van der Waals surface area contributed by atoms with Gasteiger partial charge in [-0.3, -0.25) is 4.90 Å². The van der Waals surface area contributed by atoms with Crippen LogP contribution in [0.1, 0.15) is 13.3 Å². The summed E-state index contributed by atoms with van der Waals surface area (Å²) in [6.07, 6.45) is 1.22. The zero-order valence-corrected chi connectivity index (χ0v) is 12.7. The average molecular weight is 284 g/mol. The van der Waals surface area contributed by atoms with Gasteiger partial charge in [-0.25, -0.2) is 0 Å². The highest BCUT2D eigenvalue weighted by Crippen LogP contribution is 2.21. The molecule has 0 aliphatic carbocycles. The summed E-state index contributed by atoms with van der Waals surface area (Å²) in [4.78, 5) is 2.45. The maximum Gasteiger partial charge on any atom is 0.120 e. The third-order valence-corrected chi connectivity index (χ3v) is 4.45. The van der Waals surface area contributed by atoms with Crippen molar-refractivity contribution in [2.24, 2.45) is 11.7 Å². The van der Waals surface area contributed by atoms with Gasteiger partial charge >= 0.3 is 0 Å². The molecule has 0 spiro atoms. The second kappa shape index (κ2) is 6.46. The van der Waals surface area contributed by atoms with Crippen molar-refractivity contribution in [2.75, 3.05) is 26.2 Å². The molecule has 1 fully saturated rings. The van der Waals surface area contributed by atoms with E-state index < -0.39 is 0 Å². The fraction of sp³-hybridized carbons (Fsp3) is 0.444. The highest BCUT2D eigenvalue weighted by atomic mass is 16.5. The van der Waals surface area contributed by atoms with Crippen LogP contribution < -0.4 is 10.5 Å². The number of likely N-dealkylation sites (tertiary alicyclic amines) is 1. The zero-order chi connectivity index (χ0) is 14.7. The number of rotatable bonds is 5. The SMILES string of the molecule is CC(N)C1CCN(CCOc2ccc3ccccc3c2)C1. The Morgan fingerprint density at radius 2 is 2.05 bits per heavy atom. The standard InChI is InChI=1S/C18H24N2O/c1-14(19)17-8-9-20(13-17)10-11-21-18-7-6-15-4-2-3-5-16(15)12-18/h2-7,12,14,17H,8-11,13,19H2,1H3. The van der Waals surface area contributed by atoms with Crippen LogP contribution in [0.2, 0.25) is 0 Å². The molecule has 2 unspecified atom stereocenters. The van der Waals surface area contributed by atoms with Crippen LogP contribution in [0.4, 0.5) is 0 Å². The third-order valence-electron chi connectivity index (χ3n) is 4.45. The largest absolute Gasteiger partial charge is 0.492 e. The molecule has 3 rings (SSSR count). The van der Waals surface area contributed by atoms with Crippen LogP contribution >= 0.6 is 0 Å². The Kier molecular flexibility index (Phi) is 4.42. The number of hydrogen-bond acceptors (Lipinski definition) is 3. The molecule has 1 saturated heterocycles. The maximum absolute atomic E-state index is 5.97. The van der Waals surface area contributed by atoms with Gasteiger partial charge in [-0.05, 0) is 48.7 Å². The van der Waals surface area contributed by atoms with Crippen LogP contribution in [0.5, 0.6) is 5.75 Å². The van der Waals surface area contributed by atoms with E-state index in [4.69, 9.17) is 10.5 Å². The fourth-order valence-electron chi connectivity index (χ4n) is 3.04. The van der Waals surface area contributed by atoms with E-state index >= 15 is 0 Å². The number of fused-ring (bicyclic) bond motifs is 1. The van der Waals surface area contributed by atoms with Gasteiger partial charge in [0.2, 0.25) is 0 Å². The molecule has 3 nitrogen and oxygen atoms in total. The van der Waals surface area contributed by atoms with E-state index in [9.17, 15) is 0 Å². The summed E-state index contributed by atoms with van der Waals surface area (Å²) < 4.78 is 5.90. The van der Waals surface area contributed by atoms with Gasteiger partial charge < -0.3 is 10.5 Å². The number of benzene rings is 2. The summed E-state index contributed by atoms with van der Waals surface area (Å²) in [6.45, 7) is 6.09. The Morgan fingerprint density at radius 3 is 2.81 bits per heavy atom. The second-order valence-corrected chi connectivity index (χ2v) is 6.07. The molecule has 2 N–H and O–H groups in total. The minimum Gasteiger partial charge on any atom is -0.492 e. The molecule has 1 heterocycles. The normalized spacial score (nSPS) is 20.8. The quantitative estimate of drug-likeness (QED) is 0.917. The molecule has 0 radical (unpaired) electrons. The molecule has 3 heteroatoms. The lowest BCUT2D eigenvalue weighted by Crippen LogP contribution is -2.31. The van der Waals surface area contributed by atoms with Gasteiger partial charge in [0, 0.05) is 19.1 Å². The maximum atomic E-state index is 5.97.